The number of likely N-dealkylation sites (tertiary alicyclic amines) is 1. The molecule has 0 saturated carbocycles. The standard InChI is InChI=1S/C15H27N3O/c1-12(2)16-8-13-7-15(19-11-13)10-18-6-5-14(9-18)17(3)4/h7,11-12,14,16H,5-6,8-10H2,1-4H3. The molecule has 2 rings (SSSR count). The zero-order chi connectivity index (χ0) is 13.8. The van der Waals surface area contributed by atoms with Crippen molar-refractivity contribution in [3.8, 4) is 0 Å². The molecule has 0 spiro atoms. The molecule has 1 saturated heterocycles. The molecular weight excluding hydrogens is 238 g/mol. The first-order chi connectivity index (χ1) is 9.04. The Labute approximate surface area is 116 Å². The van der Waals surface area contributed by atoms with Gasteiger partial charge in [0.15, 0.2) is 0 Å². The Balaban J connectivity index is 1.80. The molecule has 108 valence electrons. The Morgan fingerprint density at radius 2 is 2.26 bits per heavy atom. The van der Waals surface area contributed by atoms with Gasteiger partial charge in [-0.15, -0.1) is 0 Å². The van der Waals surface area contributed by atoms with Crippen LogP contribution >= 0.6 is 0 Å². The second-order valence-corrected chi connectivity index (χ2v) is 6.10. The van der Waals surface area contributed by atoms with Crippen LogP contribution in [0.1, 0.15) is 31.6 Å². The van der Waals surface area contributed by atoms with Gasteiger partial charge in [-0.1, -0.05) is 13.8 Å². The maximum absolute atomic E-state index is 5.66. The van der Waals surface area contributed by atoms with Crippen LogP contribution in [0.2, 0.25) is 0 Å². The molecule has 19 heavy (non-hydrogen) atoms. The van der Waals surface area contributed by atoms with Crippen molar-refractivity contribution in [3.05, 3.63) is 23.7 Å². The minimum Gasteiger partial charge on any atom is -0.468 e. The molecule has 1 atom stereocenters. The second kappa shape index (κ2) is 6.55. The summed E-state index contributed by atoms with van der Waals surface area (Å²) in [5, 5.41) is 3.41. The van der Waals surface area contributed by atoms with Crippen LogP contribution < -0.4 is 5.32 Å². The third-order valence-corrected chi connectivity index (χ3v) is 3.78. The molecule has 1 aliphatic rings. The van der Waals surface area contributed by atoms with E-state index in [9.17, 15) is 0 Å². The molecule has 1 aromatic heterocycles. The van der Waals surface area contributed by atoms with Crippen molar-refractivity contribution in [1.82, 2.24) is 15.1 Å². The van der Waals surface area contributed by atoms with E-state index in [0.717, 1.165) is 25.4 Å². The highest BCUT2D eigenvalue weighted by Gasteiger charge is 2.24. The van der Waals surface area contributed by atoms with Crippen LogP contribution in [0.15, 0.2) is 16.7 Å². The van der Waals surface area contributed by atoms with E-state index in [1.165, 1.54) is 18.5 Å². The van der Waals surface area contributed by atoms with E-state index in [4.69, 9.17) is 4.42 Å². The summed E-state index contributed by atoms with van der Waals surface area (Å²) >= 11 is 0. The van der Waals surface area contributed by atoms with Crippen molar-refractivity contribution in [2.24, 2.45) is 0 Å². The monoisotopic (exact) mass is 265 g/mol. The number of hydrogen-bond donors (Lipinski definition) is 1. The first-order valence-electron chi connectivity index (χ1n) is 7.23. The number of rotatable bonds is 6. The van der Waals surface area contributed by atoms with E-state index in [1.807, 2.05) is 6.26 Å². The third kappa shape index (κ3) is 4.34. The molecule has 0 radical (unpaired) electrons. The highest BCUT2D eigenvalue weighted by Crippen LogP contribution is 2.17. The topological polar surface area (TPSA) is 31.7 Å². The number of nitrogens with one attached hydrogen (secondary N) is 1. The van der Waals surface area contributed by atoms with Crippen LogP contribution in [0, 0.1) is 0 Å². The molecule has 1 unspecified atom stereocenters. The smallest absolute Gasteiger partial charge is 0.118 e. The normalized spacial score (nSPS) is 20.8. The molecule has 4 nitrogen and oxygen atoms in total. The molecule has 4 heteroatoms. The van der Waals surface area contributed by atoms with Crippen molar-refractivity contribution in [2.75, 3.05) is 27.2 Å². The summed E-state index contributed by atoms with van der Waals surface area (Å²) in [6.07, 6.45) is 3.14. The lowest BCUT2D eigenvalue weighted by Gasteiger charge is -2.19. The molecular formula is C15H27N3O. The van der Waals surface area contributed by atoms with Crippen LogP contribution in [-0.4, -0.2) is 49.1 Å². The largest absolute Gasteiger partial charge is 0.468 e. The van der Waals surface area contributed by atoms with Gasteiger partial charge in [-0.05, 0) is 26.6 Å². The second-order valence-electron chi connectivity index (χ2n) is 6.10. The zero-order valence-corrected chi connectivity index (χ0v) is 12.6. The highest BCUT2D eigenvalue weighted by atomic mass is 16.3. The molecule has 0 aromatic carbocycles. The van der Waals surface area contributed by atoms with Crippen LogP contribution in [0.5, 0.6) is 0 Å². The third-order valence-electron chi connectivity index (χ3n) is 3.78. The van der Waals surface area contributed by atoms with Gasteiger partial charge in [0.1, 0.15) is 5.76 Å². The molecule has 0 aliphatic carbocycles. The molecule has 0 bridgehead atoms. The van der Waals surface area contributed by atoms with Gasteiger partial charge in [-0.2, -0.15) is 0 Å². The van der Waals surface area contributed by atoms with Crippen LogP contribution in [0.25, 0.3) is 0 Å². The van der Waals surface area contributed by atoms with E-state index in [1.54, 1.807) is 0 Å². The lowest BCUT2D eigenvalue weighted by molar-refractivity contribution is 0.252. The summed E-state index contributed by atoms with van der Waals surface area (Å²) in [6.45, 7) is 8.46. The lowest BCUT2D eigenvalue weighted by Crippen LogP contribution is -2.31. The van der Waals surface area contributed by atoms with Gasteiger partial charge < -0.3 is 14.6 Å². The van der Waals surface area contributed by atoms with Gasteiger partial charge in [0, 0.05) is 37.3 Å². The Kier molecular flexibility index (Phi) is 5.02. The Morgan fingerprint density at radius 3 is 2.89 bits per heavy atom. The predicted octanol–water partition coefficient (Wildman–Crippen LogP) is 1.91. The number of nitrogens with zero attached hydrogens (tertiary/aromatic N) is 2. The SMILES string of the molecule is CC(C)NCc1coc(CN2CCC(N(C)C)C2)c1. The van der Waals surface area contributed by atoms with Crippen molar-refractivity contribution >= 4 is 0 Å². The minimum atomic E-state index is 0.512. The zero-order valence-electron chi connectivity index (χ0n) is 12.6. The van der Waals surface area contributed by atoms with E-state index >= 15 is 0 Å². The van der Waals surface area contributed by atoms with Crippen molar-refractivity contribution in [2.45, 2.75) is 45.4 Å². The fourth-order valence-electron chi connectivity index (χ4n) is 2.52. The Bertz CT molecular complexity index is 386. The van der Waals surface area contributed by atoms with Crippen molar-refractivity contribution in [3.63, 3.8) is 0 Å². The van der Waals surface area contributed by atoms with E-state index in [0.29, 0.717) is 12.1 Å². The van der Waals surface area contributed by atoms with Crippen LogP contribution in [-0.2, 0) is 13.1 Å². The molecule has 2 heterocycles. The molecule has 1 aliphatic heterocycles. The number of likely N-dealkylation sites (N-methyl/N-ethyl adjacent to an activating group) is 1. The van der Waals surface area contributed by atoms with Gasteiger partial charge in [0.2, 0.25) is 0 Å². The van der Waals surface area contributed by atoms with Gasteiger partial charge in [0.25, 0.3) is 0 Å². The molecule has 1 aromatic rings. The lowest BCUT2D eigenvalue weighted by atomic mass is 10.2. The van der Waals surface area contributed by atoms with E-state index < -0.39 is 0 Å². The summed E-state index contributed by atoms with van der Waals surface area (Å²) in [4.78, 5) is 4.79. The van der Waals surface area contributed by atoms with Gasteiger partial charge in [-0.25, -0.2) is 0 Å². The Hall–Kier alpha value is -0.840. The minimum absolute atomic E-state index is 0.512. The quantitative estimate of drug-likeness (QED) is 0.851. The summed E-state index contributed by atoms with van der Waals surface area (Å²) in [5.74, 6) is 1.08. The number of furan rings is 1. The summed E-state index contributed by atoms with van der Waals surface area (Å²) in [6, 6.07) is 3.38. The molecule has 1 N–H and O–H groups in total. The van der Waals surface area contributed by atoms with Crippen molar-refractivity contribution in [1.29, 1.82) is 0 Å². The Morgan fingerprint density at radius 1 is 1.47 bits per heavy atom. The van der Waals surface area contributed by atoms with Gasteiger partial charge in [0.05, 0.1) is 12.8 Å². The molecule has 0 amide bonds. The predicted molar refractivity (Wildman–Crippen MR) is 78.1 cm³/mol. The first kappa shape index (κ1) is 14.6. The van der Waals surface area contributed by atoms with Gasteiger partial charge in [-0.3, -0.25) is 4.90 Å². The first-order valence-corrected chi connectivity index (χ1v) is 7.23. The van der Waals surface area contributed by atoms with Crippen LogP contribution in [0.3, 0.4) is 0 Å². The van der Waals surface area contributed by atoms with E-state index in [2.05, 4.69) is 49.1 Å². The van der Waals surface area contributed by atoms with Crippen LogP contribution in [0.4, 0.5) is 0 Å². The van der Waals surface area contributed by atoms with Gasteiger partial charge >= 0.3 is 0 Å². The average Bonchev–Trinajstić information content (AvgIpc) is 2.96. The maximum Gasteiger partial charge on any atom is 0.118 e. The van der Waals surface area contributed by atoms with Crippen molar-refractivity contribution < 1.29 is 4.42 Å². The van der Waals surface area contributed by atoms with E-state index in [-0.39, 0.29) is 0 Å². The summed E-state index contributed by atoms with van der Waals surface area (Å²) in [5.41, 5.74) is 1.24. The molecule has 1 fully saturated rings. The summed E-state index contributed by atoms with van der Waals surface area (Å²) in [7, 11) is 4.33. The number of hydrogen-bond acceptors (Lipinski definition) is 4. The summed E-state index contributed by atoms with van der Waals surface area (Å²) < 4.78 is 5.66. The fraction of sp³-hybridized carbons (Fsp3) is 0.733. The highest BCUT2D eigenvalue weighted by molar-refractivity contribution is 5.13. The fourth-order valence-corrected chi connectivity index (χ4v) is 2.52. The average molecular weight is 265 g/mol. The maximum atomic E-state index is 5.66.